The Labute approximate surface area is 193 Å². The van der Waals surface area contributed by atoms with Gasteiger partial charge in [0.2, 0.25) is 0 Å². The highest BCUT2D eigenvalue weighted by Gasteiger charge is 2.66. The van der Waals surface area contributed by atoms with Crippen molar-refractivity contribution in [3.63, 3.8) is 0 Å². The maximum absolute atomic E-state index is 13.4. The number of esters is 1. The predicted octanol–water partition coefficient (Wildman–Crippen LogP) is 3.21. The molecule has 2 N–H and O–H groups in total. The first kappa shape index (κ1) is 22.1. The van der Waals surface area contributed by atoms with Crippen LogP contribution in [0.25, 0.3) is 0 Å². The van der Waals surface area contributed by atoms with E-state index in [0.717, 1.165) is 0 Å². The molecule has 166 valence electrons. The van der Waals surface area contributed by atoms with Crippen molar-refractivity contribution in [2.45, 2.75) is 18.0 Å². The number of fused-ring (bicyclic) bond motifs is 1. The molecule has 33 heavy (non-hydrogen) atoms. The molecular weight excluding hydrogens is 448 g/mol. The number of hydrogen-bond acceptors (Lipinski definition) is 6. The molecule has 0 aliphatic carbocycles. The van der Waals surface area contributed by atoms with Gasteiger partial charge >= 0.3 is 17.9 Å². The van der Waals surface area contributed by atoms with E-state index in [1.54, 1.807) is 42.5 Å². The molecule has 0 radical (unpaired) electrons. The van der Waals surface area contributed by atoms with E-state index in [9.17, 15) is 29.9 Å². The molecular formula is C24H17ClN2O6. The Balaban J connectivity index is 1.91. The van der Waals surface area contributed by atoms with Crippen LogP contribution < -0.4 is 4.74 Å². The molecule has 2 aliphatic heterocycles. The first-order chi connectivity index (χ1) is 15.8. The van der Waals surface area contributed by atoms with Gasteiger partial charge in [-0.05, 0) is 35.9 Å². The van der Waals surface area contributed by atoms with Crippen LogP contribution in [-0.4, -0.2) is 45.1 Å². The highest BCUT2D eigenvalue weighted by atomic mass is 35.5. The average molecular weight is 465 g/mol. The van der Waals surface area contributed by atoms with Crippen molar-refractivity contribution in [3.05, 3.63) is 89.1 Å². The molecule has 0 saturated carbocycles. The molecule has 0 aromatic heterocycles. The minimum absolute atomic E-state index is 0.155. The Morgan fingerprint density at radius 3 is 2.30 bits per heavy atom. The van der Waals surface area contributed by atoms with Crippen molar-refractivity contribution in [2.24, 2.45) is 5.41 Å². The van der Waals surface area contributed by atoms with Gasteiger partial charge in [0.15, 0.2) is 5.41 Å². The lowest BCUT2D eigenvalue weighted by Gasteiger charge is -2.31. The van der Waals surface area contributed by atoms with Gasteiger partial charge in [0.1, 0.15) is 11.8 Å². The third-order valence-corrected chi connectivity index (χ3v) is 6.13. The van der Waals surface area contributed by atoms with Gasteiger partial charge in [0, 0.05) is 17.1 Å². The number of carbonyl (C=O) groups excluding carboxylic acids is 1. The largest absolute Gasteiger partial charge is 0.480 e. The number of carboxylic acids is 2. The van der Waals surface area contributed by atoms with E-state index in [1.165, 1.54) is 35.4 Å². The summed E-state index contributed by atoms with van der Waals surface area (Å²) < 4.78 is 5.53. The number of benzene rings is 2. The second-order valence-electron chi connectivity index (χ2n) is 7.63. The number of carboxylic acid groups (broad SMARTS) is 2. The molecule has 2 aromatic rings. The molecule has 2 heterocycles. The standard InChI is InChI=1S/C24H17ClN2O6/c25-16-9-6-14(7-10-16)19-20(22(30)33-17-4-2-1-3-5-17)27-12-15(21(28)29)8-11-18(27)24(19,13-26)23(31)32/h1-12,18-20H,(H,28,29)(H,31,32)/t18-,19+,20-,24+/m0/s1. The van der Waals surface area contributed by atoms with Crippen LogP contribution in [-0.2, 0) is 14.4 Å². The first-order valence-corrected chi connectivity index (χ1v) is 10.2. The number of ether oxygens (including phenoxy) is 1. The topological polar surface area (TPSA) is 128 Å². The number of hydrogen-bond donors (Lipinski definition) is 2. The minimum Gasteiger partial charge on any atom is -0.480 e. The van der Waals surface area contributed by atoms with Crippen LogP contribution in [0.15, 0.2) is 78.5 Å². The van der Waals surface area contributed by atoms with Gasteiger partial charge < -0.3 is 19.8 Å². The second kappa shape index (κ2) is 8.45. The molecule has 0 spiro atoms. The normalized spacial score (nSPS) is 25.5. The van der Waals surface area contributed by atoms with Gasteiger partial charge in [-0.2, -0.15) is 5.26 Å². The third kappa shape index (κ3) is 3.62. The van der Waals surface area contributed by atoms with Crippen LogP contribution in [0.3, 0.4) is 0 Å². The van der Waals surface area contributed by atoms with Crippen molar-refractivity contribution in [3.8, 4) is 11.8 Å². The van der Waals surface area contributed by atoms with Crippen molar-refractivity contribution in [1.82, 2.24) is 4.90 Å². The van der Waals surface area contributed by atoms with Gasteiger partial charge in [-0.15, -0.1) is 0 Å². The van der Waals surface area contributed by atoms with Gasteiger partial charge in [-0.25, -0.2) is 9.59 Å². The molecule has 1 saturated heterocycles. The van der Waals surface area contributed by atoms with Crippen LogP contribution in [0.5, 0.6) is 5.75 Å². The van der Waals surface area contributed by atoms with Crippen LogP contribution >= 0.6 is 11.6 Å². The average Bonchev–Trinajstić information content (AvgIpc) is 3.11. The Morgan fingerprint density at radius 1 is 1.06 bits per heavy atom. The quantitative estimate of drug-likeness (QED) is 0.510. The molecule has 1 fully saturated rings. The van der Waals surface area contributed by atoms with Crippen LogP contribution in [0.1, 0.15) is 11.5 Å². The number of carbonyl (C=O) groups is 3. The lowest BCUT2D eigenvalue weighted by molar-refractivity contribution is -0.146. The fourth-order valence-electron chi connectivity index (χ4n) is 4.43. The molecule has 8 nitrogen and oxygen atoms in total. The first-order valence-electron chi connectivity index (χ1n) is 9.87. The Bertz CT molecular complexity index is 1220. The Kier molecular flexibility index (Phi) is 5.66. The second-order valence-corrected chi connectivity index (χ2v) is 8.07. The van der Waals surface area contributed by atoms with Crippen molar-refractivity contribution < 1.29 is 29.3 Å². The fraction of sp³-hybridized carbons (Fsp3) is 0.167. The summed E-state index contributed by atoms with van der Waals surface area (Å²) in [7, 11) is 0. The van der Waals surface area contributed by atoms with E-state index < -0.39 is 41.3 Å². The molecule has 2 aromatic carbocycles. The summed E-state index contributed by atoms with van der Waals surface area (Å²) in [6.45, 7) is 0. The number of rotatable bonds is 5. The highest BCUT2D eigenvalue weighted by molar-refractivity contribution is 6.30. The summed E-state index contributed by atoms with van der Waals surface area (Å²) in [6, 6.07) is 13.9. The van der Waals surface area contributed by atoms with Crippen molar-refractivity contribution >= 4 is 29.5 Å². The maximum atomic E-state index is 13.4. The van der Waals surface area contributed by atoms with E-state index in [1.807, 2.05) is 6.07 Å². The van der Waals surface area contributed by atoms with Crippen molar-refractivity contribution in [2.75, 3.05) is 0 Å². The fourth-order valence-corrected chi connectivity index (χ4v) is 4.56. The number of aliphatic carboxylic acids is 2. The van der Waals surface area contributed by atoms with Crippen LogP contribution in [0.2, 0.25) is 5.02 Å². The number of nitrogens with zero attached hydrogens (tertiary/aromatic N) is 2. The molecule has 4 rings (SSSR count). The van der Waals surface area contributed by atoms with E-state index in [4.69, 9.17) is 16.3 Å². The smallest absolute Gasteiger partial charge is 0.337 e. The third-order valence-electron chi connectivity index (χ3n) is 5.88. The molecule has 0 unspecified atom stereocenters. The minimum atomic E-state index is -2.11. The van der Waals surface area contributed by atoms with Gasteiger partial charge in [0.05, 0.1) is 17.7 Å². The van der Waals surface area contributed by atoms with Gasteiger partial charge in [-0.1, -0.05) is 48.0 Å². The molecule has 4 atom stereocenters. The monoisotopic (exact) mass is 464 g/mol. The molecule has 0 bridgehead atoms. The highest BCUT2D eigenvalue weighted by Crippen LogP contribution is 2.53. The van der Waals surface area contributed by atoms with Crippen LogP contribution in [0.4, 0.5) is 0 Å². The summed E-state index contributed by atoms with van der Waals surface area (Å²) in [5.41, 5.74) is -1.88. The Hall–Kier alpha value is -4.09. The lowest BCUT2D eigenvalue weighted by atomic mass is 9.69. The zero-order chi connectivity index (χ0) is 23.8. The summed E-state index contributed by atoms with van der Waals surface area (Å²) in [4.78, 5) is 38.9. The zero-order valence-corrected chi connectivity index (χ0v) is 17.7. The van der Waals surface area contributed by atoms with Gasteiger partial charge in [-0.3, -0.25) is 4.79 Å². The Morgan fingerprint density at radius 2 is 1.73 bits per heavy atom. The summed E-state index contributed by atoms with van der Waals surface area (Å²) >= 11 is 6.00. The van der Waals surface area contributed by atoms with Crippen molar-refractivity contribution in [1.29, 1.82) is 5.26 Å². The van der Waals surface area contributed by atoms with E-state index in [0.29, 0.717) is 10.6 Å². The zero-order valence-electron chi connectivity index (χ0n) is 17.0. The predicted molar refractivity (Wildman–Crippen MR) is 116 cm³/mol. The van der Waals surface area contributed by atoms with Gasteiger partial charge in [0.25, 0.3) is 0 Å². The lowest BCUT2D eigenvalue weighted by Crippen LogP contribution is -2.44. The van der Waals surface area contributed by atoms with E-state index >= 15 is 0 Å². The number of halogens is 1. The number of para-hydroxylation sites is 1. The maximum Gasteiger partial charge on any atom is 0.337 e. The van der Waals surface area contributed by atoms with E-state index in [2.05, 4.69) is 0 Å². The van der Waals surface area contributed by atoms with E-state index in [-0.39, 0.29) is 11.3 Å². The SMILES string of the molecule is N#C[C@]1(C(=O)O)[C@H](c2ccc(Cl)cc2)[C@@H](C(=O)Oc2ccccc2)N2C=C(C(=O)O)C=C[C@H]21. The number of nitriles is 1. The molecule has 0 amide bonds. The summed E-state index contributed by atoms with van der Waals surface area (Å²) in [6.07, 6.45) is 3.76. The summed E-state index contributed by atoms with van der Waals surface area (Å²) in [5.74, 6) is -4.47. The summed E-state index contributed by atoms with van der Waals surface area (Å²) in [5, 5.41) is 30.3. The molecule has 9 heteroatoms. The van der Waals surface area contributed by atoms with Crippen LogP contribution in [0, 0.1) is 16.7 Å². The molecule has 2 aliphatic rings.